The summed E-state index contributed by atoms with van der Waals surface area (Å²) in [6, 6.07) is 88.7. The highest BCUT2D eigenvalue weighted by Crippen LogP contribution is 2.49. The molecule has 0 heterocycles. The quantitative estimate of drug-likeness (QED) is 0.0960. The molecular formula is C96H78Br2Cl14. The SMILES string of the molecule is CC(Cc1ccc(Cl)c2cc(Cl)ccc12)c1ccc(Cl)c2cc(Cl)ccc12.CC(c1cc(Cl)cc(Cl)c1)c1cc(Cl)cc(Cl)c1.CC(c1ccc(Br)c(-c2ccccc2)c1)c1ccc(Br)c(-c2ccccc2)c1.CCCC(C)(c1c(Cl)cccc1Cl)c1c(Cl)cccc1Cl.Cc1ccc(C(C)c2ccc(C)cc2Cl)c(Cl)c1. The van der Waals surface area contributed by atoms with Gasteiger partial charge in [0.25, 0.3) is 0 Å². The van der Waals surface area contributed by atoms with Gasteiger partial charge in [-0.1, -0.05) is 376 Å². The highest BCUT2D eigenvalue weighted by Gasteiger charge is 2.36. The molecule has 0 aliphatic rings. The average molecular weight is 1890 g/mol. The van der Waals surface area contributed by atoms with Crippen LogP contribution in [0.25, 0.3) is 43.8 Å². The summed E-state index contributed by atoms with van der Waals surface area (Å²) < 4.78 is 2.24. The van der Waals surface area contributed by atoms with Crippen LogP contribution in [-0.2, 0) is 11.8 Å². The monoisotopic (exact) mass is 1880 g/mol. The standard InChI is InChI=1S/C26H20Br2.C23H16Cl4.C17H16Cl4.C16H16Cl2.C14H10Cl4/c1-18(21-12-14-25(27)23(16-21)19-8-4-2-5-9-19)22-13-15-26(28)24(17-22)20-10-6-3-7-11-20;1-13(17-7-9-23(27)21-12-16(25)4-6-19(17)21)10-14-2-8-22(26)20-11-15(24)3-5-18(14)20;1-3-10-17(2,15-11(18)6-4-7-12(15)19)16-13(20)8-5-9-14(16)21;1-10-4-6-13(15(17)8-10)12(3)14-7-5-11(2)9-16(14)18;1-8(9-2-11(15)6-12(16)3-9)10-4-13(17)7-14(18)5-10/h2-18H,1H3;2-9,11-13H,10H2,1H3;4-9H,3,10H2,1-2H3;4-9,12H,1-3H3;2-8H,1H3. The Hall–Kier alpha value is -5.38. The van der Waals surface area contributed by atoms with Crippen molar-refractivity contribution in [1.82, 2.24) is 0 Å². The van der Waals surface area contributed by atoms with E-state index in [1.54, 1.807) is 12.1 Å². The molecular weight excluding hydrogens is 1810 g/mol. The van der Waals surface area contributed by atoms with Crippen LogP contribution in [0.4, 0.5) is 0 Å². The molecule has 14 rings (SSSR count). The van der Waals surface area contributed by atoms with Crippen LogP contribution in [0.1, 0.15) is 145 Å². The van der Waals surface area contributed by atoms with Gasteiger partial charge in [-0.3, -0.25) is 0 Å². The van der Waals surface area contributed by atoms with E-state index in [0.29, 0.717) is 62.1 Å². The molecule has 0 amide bonds. The van der Waals surface area contributed by atoms with Gasteiger partial charge >= 0.3 is 0 Å². The van der Waals surface area contributed by atoms with Crippen LogP contribution in [0.15, 0.2) is 276 Å². The van der Waals surface area contributed by atoms with Gasteiger partial charge in [-0.05, 0) is 266 Å². The highest BCUT2D eigenvalue weighted by molar-refractivity contribution is 9.11. The molecule has 0 nitrogen and oxygen atoms in total. The Kier molecular flexibility index (Phi) is 32.7. The molecule has 14 aromatic carbocycles. The van der Waals surface area contributed by atoms with Crippen molar-refractivity contribution >= 4 is 216 Å². The molecule has 16 heteroatoms. The van der Waals surface area contributed by atoms with Gasteiger partial charge < -0.3 is 0 Å². The Morgan fingerprint density at radius 3 is 1.10 bits per heavy atom. The van der Waals surface area contributed by atoms with Crippen LogP contribution in [0.2, 0.25) is 70.3 Å². The predicted molar refractivity (Wildman–Crippen MR) is 501 cm³/mol. The maximum absolute atomic E-state index is 6.43. The smallest absolute Gasteiger partial charge is 0.0485 e. The van der Waals surface area contributed by atoms with Crippen LogP contribution in [0.3, 0.4) is 0 Å². The van der Waals surface area contributed by atoms with Gasteiger partial charge in [0.15, 0.2) is 0 Å². The lowest BCUT2D eigenvalue weighted by Crippen LogP contribution is -2.25. The van der Waals surface area contributed by atoms with Crippen LogP contribution < -0.4 is 0 Å². The maximum Gasteiger partial charge on any atom is 0.0485 e. The van der Waals surface area contributed by atoms with E-state index in [9.17, 15) is 0 Å². The van der Waals surface area contributed by atoms with E-state index >= 15 is 0 Å². The summed E-state index contributed by atoms with van der Waals surface area (Å²) in [4.78, 5) is 0. The number of hydrogen-bond donors (Lipinski definition) is 0. The molecule has 0 radical (unpaired) electrons. The van der Waals surface area contributed by atoms with E-state index in [1.807, 2.05) is 129 Å². The second-order valence-corrected chi connectivity index (χ2v) is 35.5. The zero-order valence-electron chi connectivity index (χ0n) is 62.4. The molecule has 0 fully saturated rings. The number of fused-ring (bicyclic) bond motifs is 2. The van der Waals surface area contributed by atoms with Gasteiger partial charge in [-0.2, -0.15) is 0 Å². The van der Waals surface area contributed by atoms with Gasteiger partial charge in [-0.25, -0.2) is 0 Å². The number of halogens is 16. The van der Waals surface area contributed by atoms with Gasteiger partial charge in [0.1, 0.15) is 0 Å². The summed E-state index contributed by atoms with van der Waals surface area (Å²) >= 11 is 94.9. The van der Waals surface area contributed by atoms with E-state index in [0.717, 1.165) is 103 Å². The van der Waals surface area contributed by atoms with Crippen molar-refractivity contribution in [3.63, 3.8) is 0 Å². The lowest BCUT2D eigenvalue weighted by Gasteiger charge is -2.34. The first kappa shape index (κ1) is 89.0. The third-order valence-corrected chi connectivity index (χ3v) is 25.3. The Morgan fingerprint density at radius 1 is 0.304 bits per heavy atom. The van der Waals surface area contributed by atoms with Crippen molar-refractivity contribution in [3.05, 3.63) is 413 Å². The van der Waals surface area contributed by atoms with Crippen molar-refractivity contribution in [2.45, 2.75) is 104 Å². The molecule has 0 bridgehead atoms. The van der Waals surface area contributed by atoms with E-state index in [4.69, 9.17) is 162 Å². The minimum atomic E-state index is -0.431. The third kappa shape index (κ3) is 22.7. The van der Waals surface area contributed by atoms with Crippen LogP contribution in [-0.4, -0.2) is 0 Å². The molecule has 0 saturated heterocycles. The van der Waals surface area contributed by atoms with Gasteiger partial charge in [0.2, 0.25) is 0 Å². The van der Waals surface area contributed by atoms with E-state index in [2.05, 4.69) is 213 Å². The fourth-order valence-corrected chi connectivity index (χ4v) is 19.3. The first-order chi connectivity index (χ1) is 53.4. The third-order valence-electron chi connectivity index (χ3n) is 20.0. The second-order valence-electron chi connectivity index (χ2n) is 27.9. The first-order valence-electron chi connectivity index (χ1n) is 36.2. The van der Waals surface area contributed by atoms with Crippen molar-refractivity contribution < 1.29 is 0 Å². The number of aryl methyl sites for hydroxylation is 2. The second kappa shape index (κ2) is 41.1. The van der Waals surface area contributed by atoms with Crippen LogP contribution >= 0.6 is 194 Å². The fourth-order valence-electron chi connectivity index (χ4n) is 14.1. The predicted octanol–water partition coefficient (Wildman–Crippen LogP) is 37.3. The maximum atomic E-state index is 6.43. The summed E-state index contributed by atoms with van der Waals surface area (Å²) in [5.41, 5.74) is 18.0. The van der Waals surface area contributed by atoms with E-state index in [1.165, 1.54) is 55.6 Å². The van der Waals surface area contributed by atoms with Gasteiger partial charge in [-0.15, -0.1) is 0 Å². The first-order valence-corrected chi connectivity index (χ1v) is 43.1. The van der Waals surface area contributed by atoms with Crippen molar-refractivity contribution in [2.24, 2.45) is 0 Å². The normalized spacial score (nSPS) is 11.5. The van der Waals surface area contributed by atoms with Crippen LogP contribution in [0.5, 0.6) is 0 Å². The molecule has 0 spiro atoms. The summed E-state index contributed by atoms with van der Waals surface area (Å²) in [6.07, 6.45) is 2.69. The molecule has 1 atom stereocenters. The zero-order valence-corrected chi connectivity index (χ0v) is 76.1. The molecule has 0 aliphatic carbocycles. The molecule has 0 aromatic heterocycles. The molecule has 14 aromatic rings. The largest absolute Gasteiger partial charge is 0.0843 e. The van der Waals surface area contributed by atoms with Crippen molar-refractivity contribution in [1.29, 1.82) is 0 Å². The number of hydrogen-bond acceptors (Lipinski definition) is 0. The Balaban J connectivity index is 0.000000150. The summed E-state index contributed by atoms with van der Waals surface area (Å²) in [6.45, 7) is 17.0. The molecule has 0 saturated carbocycles. The fraction of sp³-hybridized carbons (Fsp3) is 0.167. The van der Waals surface area contributed by atoms with Crippen molar-refractivity contribution in [2.75, 3.05) is 0 Å². The Labute approximate surface area is 746 Å². The summed E-state index contributed by atoms with van der Waals surface area (Å²) in [7, 11) is 0. The lowest BCUT2D eigenvalue weighted by molar-refractivity contribution is 0.512. The average Bonchev–Trinajstić information content (AvgIpc) is 0.753. The molecule has 1 unspecified atom stereocenters. The molecule has 112 heavy (non-hydrogen) atoms. The van der Waals surface area contributed by atoms with E-state index < -0.39 is 5.41 Å². The Bertz CT molecular complexity index is 5310. The van der Waals surface area contributed by atoms with Gasteiger partial charge in [0, 0.05) is 113 Å². The summed E-state index contributed by atoms with van der Waals surface area (Å²) in [5.74, 6) is 0.917. The van der Waals surface area contributed by atoms with E-state index in [-0.39, 0.29) is 11.8 Å². The van der Waals surface area contributed by atoms with Gasteiger partial charge in [0.05, 0.1) is 0 Å². The highest BCUT2D eigenvalue weighted by atomic mass is 79.9. The zero-order chi connectivity index (χ0) is 80.8. The number of benzene rings is 14. The van der Waals surface area contributed by atoms with Crippen molar-refractivity contribution in [3.8, 4) is 22.3 Å². The lowest BCUT2D eigenvalue weighted by atomic mass is 9.73. The minimum Gasteiger partial charge on any atom is -0.0843 e. The van der Waals surface area contributed by atoms with Crippen LogP contribution in [0, 0.1) is 13.8 Å². The molecule has 0 aliphatic heterocycles. The Morgan fingerprint density at radius 2 is 0.688 bits per heavy atom. The number of rotatable bonds is 15. The molecule has 0 N–H and O–H groups in total. The molecule has 574 valence electrons. The minimum absolute atomic E-state index is 0.123. The summed E-state index contributed by atoms with van der Waals surface area (Å²) in [5, 5.41) is 13.7. The topological polar surface area (TPSA) is 0 Å².